The highest BCUT2D eigenvalue weighted by molar-refractivity contribution is 5.70. The van der Waals surface area contributed by atoms with E-state index < -0.39 is 11.9 Å². The summed E-state index contributed by atoms with van der Waals surface area (Å²) < 4.78 is 19.0. The van der Waals surface area contributed by atoms with E-state index in [9.17, 15) is 14.3 Å². The molecule has 3 nitrogen and oxygen atoms in total. The van der Waals surface area contributed by atoms with Gasteiger partial charge in [0.05, 0.1) is 11.5 Å². The average molecular weight is 268 g/mol. The van der Waals surface area contributed by atoms with Gasteiger partial charge in [0.1, 0.15) is 5.82 Å². The van der Waals surface area contributed by atoms with Crippen molar-refractivity contribution in [2.45, 2.75) is 39.2 Å². The lowest BCUT2D eigenvalue weighted by Gasteiger charge is -2.21. The van der Waals surface area contributed by atoms with Gasteiger partial charge in [0.2, 0.25) is 0 Å². The molecule has 1 atom stereocenters. The van der Waals surface area contributed by atoms with Gasteiger partial charge in [-0.05, 0) is 45.2 Å². The van der Waals surface area contributed by atoms with Crippen LogP contribution in [0.25, 0.3) is 0 Å². The van der Waals surface area contributed by atoms with E-state index >= 15 is 0 Å². The molecule has 0 saturated heterocycles. The molecule has 1 unspecified atom stereocenters. The predicted molar refractivity (Wildman–Crippen MR) is 71.6 cm³/mol. The Morgan fingerprint density at radius 1 is 1.37 bits per heavy atom. The van der Waals surface area contributed by atoms with Crippen molar-refractivity contribution in [3.8, 4) is 0 Å². The molecule has 0 saturated carbocycles. The standard InChI is InChI=1S/C15H21FO3/c1-15(2,3)19-9-8-12(14(17)18)10-11-6-4-5-7-13(11)16/h4-7,12H,8-10H2,1-3H3,(H,17,18). The molecule has 0 aliphatic heterocycles. The molecule has 106 valence electrons. The van der Waals surface area contributed by atoms with E-state index in [1.54, 1.807) is 18.2 Å². The smallest absolute Gasteiger partial charge is 0.306 e. The Morgan fingerprint density at radius 2 is 2.00 bits per heavy atom. The average Bonchev–Trinajstić information content (AvgIpc) is 2.28. The summed E-state index contributed by atoms with van der Waals surface area (Å²) in [7, 11) is 0. The fourth-order valence-corrected chi connectivity index (χ4v) is 1.75. The molecule has 1 aromatic rings. The van der Waals surface area contributed by atoms with Crippen LogP contribution in [0.15, 0.2) is 24.3 Å². The number of carboxylic acid groups (broad SMARTS) is 1. The van der Waals surface area contributed by atoms with Crippen LogP contribution in [0.5, 0.6) is 0 Å². The minimum absolute atomic E-state index is 0.190. The van der Waals surface area contributed by atoms with Gasteiger partial charge in [-0.25, -0.2) is 4.39 Å². The maximum absolute atomic E-state index is 13.5. The van der Waals surface area contributed by atoms with Gasteiger partial charge in [-0.2, -0.15) is 0 Å². The molecule has 0 spiro atoms. The lowest BCUT2D eigenvalue weighted by Crippen LogP contribution is -2.24. The van der Waals surface area contributed by atoms with Gasteiger partial charge < -0.3 is 9.84 Å². The number of rotatable bonds is 6. The van der Waals surface area contributed by atoms with Gasteiger partial charge in [0, 0.05) is 6.61 Å². The zero-order chi connectivity index (χ0) is 14.5. The number of carboxylic acids is 1. The van der Waals surface area contributed by atoms with E-state index in [1.807, 2.05) is 20.8 Å². The van der Waals surface area contributed by atoms with Gasteiger partial charge in [0.15, 0.2) is 0 Å². The summed E-state index contributed by atoms with van der Waals surface area (Å²) in [6, 6.07) is 6.27. The maximum atomic E-state index is 13.5. The Hall–Kier alpha value is -1.42. The Morgan fingerprint density at radius 3 is 2.53 bits per heavy atom. The third kappa shape index (κ3) is 5.83. The van der Waals surface area contributed by atoms with Gasteiger partial charge in [-0.15, -0.1) is 0 Å². The van der Waals surface area contributed by atoms with E-state index in [-0.39, 0.29) is 17.8 Å². The molecule has 1 aromatic carbocycles. The van der Waals surface area contributed by atoms with Crippen molar-refractivity contribution in [1.29, 1.82) is 0 Å². The first kappa shape index (κ1) is 15.6. The van der Waals surface area contributed by atoms with Crippen LogP contribution < -0.4 is 0 Å². The second-order valence-corrected chi connectivity index (χ2v) is 5.58. The number of benzene rings is 1. The van der Waals surface area contributed by atoms with E-state index in [0.717, 1.165) is 0 Å². The minimum Gasteiger partial charge on any atom is -0.481 e. The second kappa shape index (κ2) is 6.66. The van der Waals surface area contributed by atoms with E-state index in [4.69, 9.17) is 4.74 Å². The first-order chi connectivity index (χ1) is 8.79. The summed E-state index contributed by atoms with van der Waals surface area (Å²) >= 11 is 0. The van der Waals surface area contributed by atoms with Crippen molar-refractivity contribution in [3.05, 3.63) is 35.6 Å². The van der Waals surface area contributed by atoms with Gasteiger partial charge in [-0.3, -0.25) is 4.79 Å². The quantitative estimate of drug-likeness (QED) is 0.861. The van der Waals surface area contributed by atoms with Crippen LogP contribution in [0.3, 0.4) is 0 Å². The SMILES string of the molecule is CC(C)(C)OCCC(Cc1ccccc1F)C(=O)O. The summed E-state index contributed by atoms with van der Waals surface area (Å²) in [5, 5.41) is 9.18. The third-order valence-corrected chi connectivity index (χ3v) is 2.77. The largest absolute Gasteiger partial charge is 0.481 e. The van der Waals surface area contributed by atoms with Gasteiger partial charge in [0.25, 0.3) is 0 Å². The van der Waals surface area contributed by atoms with Gasteiger partial charge in [-0.1, -0.05) is 18.2 Å². The van der Waals surface area contributed by atoms with Crippen molar-refractivity contribution in [3.63, 3.8) is 0 Å². The second-order valence-electron chi connectivity index (χ2n) is 5.58. The van der Waals surface area contributed by atoms with Crippen LogP contribution in [0.2, 0.25) is 0 Å². The Balaban J connectivity index is 2.59. The van der Waals surface area contributed by atoms with Crippen molar-refractivity contribution >= 4 is 5.97 Å². The van der Waals surface area contributed by atoms with E-state index in [2.05, 4.69) is 0 Å². The summed E-state index contributed by atoms with van der Waals surface area (Å²) in [6.07, 6.45) is 0.566. The molecule has 1 rings (SSSR count). The van der Waals surface area contributed by atoms with Gasteiger partial charge >= 0.3 is 5.97 Å². The maximum Gasteiger partial charge on any atom is 0.306 e. The van der Waals surface area contributed by atoms with E-state index in [0.29, 0.717) is 18.6 Å². The molecule has 19 heavy (non-hydrogen) atoms. The molecule has 0 aromatic heterocycles. The van der Waals surface area contributed by atoms with Crippen LogP contribution in [0.1, 0.15) is 32.8 Å². The monoisotopic (exact) mass is 268 g/mol. The fourth-order valence-electron chi connectivity index (χ4n) is 1.75. The van der Waals surface area contributed by atoms with Crippen molar-refractivity contribution in [2.75, 3.05) is 6.61 Å². The molecule has 0 heterocycles. The van der Waals surface area contributed by atoms with Crippen molar-refractivity contribution in [2.24, 2.45) is 5.92 Å². The summed E-state index contributed by atoms with van der Waals surface area (Å²) in [5.41, 5.74) is 0.145. The van der Waals surface area contributed by atoms with Crippen LogP contribution in [0, 0.1) is 11.7 Å². The Kier molecular flexibility index (Phi) is 5.48. The zero-order valence-corrected chi connectivity index (χ0v) is 11.6. The first-order valence-corrected chi connectivity index (χ1v) is 6.40. The van der Waals surface area contributed by atoms with Crippen molar-refractivity contribution in [1.82, 2.24) is 0 Å². The van der Waals surface area contributed by atoms with Crippen LogP contribution in [-0.4, -0.2) is 23.3 Å². The third-order valence-electron chi connectivity index (χ3n) is 2.77. The Labute approximate surface area is 113 Å². The number of carbonyl (C=O) groups is 1. The molecular weight excluding hydrogens is 247 g/mol. The van der Waals surface area contributed by atoms with Crippen LogP contribution in [-0.2, 0) is 16.0 Å². The molecule has 4 heteroatoms. The molecule has 0 aliphatic carbocycles. The highest BCUT2D eigenvalue weighted by Gasteiger charge is 2.20. The van der Waals surface area contributed by atoms with Crippen LogP contribution >= 0.6 is 0 Å². The molecule has 0 radical (unpaired) electrons. The molecule has 0 fully saturated rings. The molecule has 0 aliphatic rings. The molecular formula is C15H21FO3. The molecule has 1 N–H and O–H groups in total. The molecule has 0 amide bonds. The normalized spacial score (nSPS) is 13.3. The number of aliphatic carboxylic acids is 1. The summed E-state index contributed by atoms with van der Waals surface area (Å²) in [6.45, 7) is 6.10. The highest BCUT2D eigenvalue weighted by Crippen LogP contribution is 2.17. The molecule has 0 bridgehead atoms. The van der Waals surface area contributed by atoms with E-state index in [1.165, 1.54) is 6.07 Å². The van der Waals surface area contributed by atoms with Crippen LogP contribution in [0.4, 0.5) is 4.39 Å². The highest BCUT2D eigenvalue weighted by atomic mass is 19.1. The van der Waals surface area contributed by atoms with Crippen molar-refractivity contribution < 1.29 is 19.0 Å². The number of hydrogen-bond acceptors (Lipinski definition) is 2. The predicted octanol–water partition coefficient (Wildman–Crippen LogP) is 3.27. The fraction of sp³-hybridized carbons (Fsp3) is 0.533. The number of hydrogen-bond donors (Lipinski definition) is 1. The Bertz CT molecular complexity index is 424. The lowest BCUT2D eigenvalue weighted by molar-refractivity contribution is -0.142. The lowest BCUT2D eigenvalue weighted by atomic mass is 9.96. The number of halogens is 1. The number of ether oxygens (including phenoxy) is 1. The minimum atomic E-state index is -0.916. The summed E-state index contributed by atoms with van der Waals surface area (Å²) in [5.74, 6) is -1.90. The summed E-state index contributed by atoms with van der Waals surface area (Å²) in [4.78, 5) is 11.2. The topological polar surface area (TPSA) is 46.5 Å². The first-order valence-electron chi connectivity index (χ1n) is 6.40. The zero-order valence-electron chi connectivity index (χ0n) is 11.6.